The van der Waals surface area contributed by atoms with Gasteiger partial charge in [0.15, 0.2) is 0 Å². The quantitative estimate of drug-likeness (QED) is 0.576. The Labute approximate surface area is 163 Å². The van der Waals surface area contributed by atoms with Crippen LogP contribution in [-0.4, -0.2) is 34.6 Å². The van der Waals surface area contributed by atoms with Gasteiger partial charge in [0, 0.05) is 29.1 Å². The molecule has 136 valence electrons. The number of allylic oxidation sites excluding steroid dienone is 1. The number of nitriles is 1. The van der Waals surface area contributed by atoms with Crippen molar-refractivity contribution < 1.29 is 5.11 Å². The van der Waals surface area contributed by atoms with Gasteiger partial charge in [-0.05, 0) is 30.4 Å². The number of hydrogen-bond donors (Lipinski definition) is 1. The molecule has 6 heteroatoms. The lowest BCUT2D eigenvalue weighted by atomic mass is 9.92. The molecular weight excluding hydrogens is 366 g/mol. The van der Waals surface area contributed by atoms with E-state index in [4.69, 9.17) is 11.6 Å². The fourth-order valence-corrected chi connectivity index (χ4v) is 4.56. The number of piperidine rings is 1. The Morgan fingerprint density at radius 1 is 1.31 bits per heavy atom. The van der Waals surface area contributed by atoms with Gasteiger partial charge >= 0.3 is 0 Å². The zero-order valence-corrected chi connectivity index (χ0v) is 16.5. The molecule has 2 atom stereocenters. The fourth-order valence-electron chi connectivity index (χ4n) is 3.59. The average molecular weight is 388 g/mol. The van der Waals surface area contributed by atoms with Crippen LogP contribution >= 0.6 is 22.9 Å². The number of hydrogen-bond acceptors (Lipinski definition) is 5. The van der Waals surface area contributed by atoms with Crippen molar-refractivity contribution in [3.63, 3.8) is 0 Å². The molecule has 0 saturated carbocycles. The third kappa shape index (κ3) is 4.45. The van der Waals surface area contributed by atoms with Gasteiger partial charge in [-0.25, -0.2) is 4.98 Å². The molecule has 2 heterocycles. The van der Waals surface area contributed by atoms with E-state index in [9.17, 15) is 10.4 Å². The first-order valence-corrected chi connectivity index (χ1v) is 9.98. The summed E-state index contributed by atoms with van der Waals surface area (Å²) in [6.45, 7) is 6.75. The van der Waals surface area contributed by atoms with Crippen LogP contribution < -0.4 is 0 Å². The summed E-state index contributed by atoms with van der Waals surface area (Å²) in [5.74, 6) is 1.31. The minimum Gasteiger partial charge on any atom is -0.509 e. The highest BCUT2D eigenvalue weighted by Gasteiger charge is 2.24. The third-order valence-electron chi connectivity index (χ3n) is 4.58. The largest absolute Gasteiger partial charge is 0.509 e. The van der Waals surface area contributed by atoms with Crippen molar-refractivity contribution in [3.8, 4) is 17.3 Å². The Morgan fingerprint density at radius 2 is 1.96 bits per heavy atom. The number of thiazole rings is 1. The van der Waals surface area contributed by atoms with Gasteiger partial charge in [-0.1, -0.05) is 37.6 Å². The minimum atomic E-state index is 0.103. The summed E-state index contributed by atoms with van der Waals surface area (Å²) in [5, 5.41) is 23.2. The second-order valence-corrected chi connectivity index (χ2v) is 8.41. The van der Waals surface area contributed by atoms with E-state index in [0.29, 0.717) is 28.4 Å². The zero-order valence-electron chi connectivity index (χ0n) is 14.9. The van der Waals surface area contributed by atoms with Crippen LogP contribution in [0.2, 0.25) is 5.02 Å². The number of aliphatic hydroxyl groups is 1. The molecule has 1 saturated heterocycles. The zero-order chi connectivity index (χ0) is 18.7. The summed E-state index contributed by atoms with van der Waals surface area (Å²) in [6.07, 6.45) is 1.21. The van der Waals surface area contributed by atoms with Gasteiger partial charge in [-0.3, -0.25) is 4.90 Å². The molecule has 0 radical (unpaired) electrons. The lowest BCUT2D eigenvalue weighted by Gasteiger charge is -2.34. The monoisotopic (exact) mass is 387 g/mol. The van der Waals surface area contributed by atoms with E-state index in [0.717, 1.165) is 24.3 Å². The molecule has 1 aliphatic heterocycles. The highest BCUT2D eigenvalue weighted by Crippen LogP contribution is 2.29. The van der Waals surface area contributed by atoms with Gasteiger partial charge in [-0.15, -0.1) is 11.3 Å². The summed E-state index contributed by atoms with van der Waals surface area (Å²) >= 11 is 7.30. The number of aromatic nitrogens is 1. The predicted molar refractivity (Wildman–Crippen MR) is 107 cm³/mol. The van der Waals surface area contributed by atoms with E-state index in [1.807, 2.05) is 29.6 Å². The Bertz CT molecular complexity index is 827. The number of benzene rings is 1. The fraction of sp³-hybridized carbons (Fsp3) is 0.400. The van der Waals surface area contributed by atoms with E-state index < -0.39 is 0 Å². The molecule has 0 bridgehead atoms. The second-order valence-electron chi connectivity index (χ2n) is 7.12. The molecule has 0 spiro atoms. The molecule has 1 aromatic carbocycles. The van der Waals surface area contributed by atoms with Gasteiger partial charge in [0.2, 0.25) is 0 Å². The molecule has 26 heavy (non-hydrogen) atoms. The van der Waals surface area contributed by atoms with Crippen LogP contribution in [0.15, 0.2) is 35.4 Å². The van der Waals surface area contributed by atoms with E-state index in [2.05, 4.69) is 29.8 Å². The average Bonchev–Trinajstić information content (AvgIpc) is 3.05. The lowest BCUT2D eigenvalue weighted by Crippen LogP contribution is -2.39. The number of rotatable bonds is 4. The number of aliphatic hydroxyl groups excluding tert-OH is 1. The molecule has 1 aromatic heterocycles. The van der Waals surface area contributed by atoms with Gasteiger partial charge in [0.25, 0.3) is 0 Å². The molecular formula is C20H22ClN3OS. The Hall–Kier alpha value is -1.87. The van der Waals surface area contributed by atoms with Crippen LogP contribution in [0.1, 0.15) is 25.3 Å². The molecule has 0 aliphatic carbocycles. The van der Waals surface area contributed by atoms with Crippen molar-refractivity contribution in [3.05, 3.63) is 45.4 Å². The normalized spacial score (nSPS) is 21.9. The van der Waals surface area contributed by atoms with Crippen LogP contribution in [0, 0.1) is 23.2 Å². The van der Waals surface area contributed by atoms with E-state index >= 15 is 0 Å². The molecule has 2 unspecified atom stereocenters. The maximum absolute atomic E-state index is 10.6. The van der Waals surface area contributed by atoms with Gasteiger partial charge in [0.05, 0.1) is 12.2 Å². The van der Waals surface area contributed by atoms with Crippen molar-refractivity contribution in [1.29, 1.82) is 5.26 Å². The van der Waals surface area contributed by atoms with Crippen LogP contribution in [0.3, 0.4) is 0 Å². The van der Waals surface area contributed by atoms with E-state index in [1.54, 1.807) is 0 Å². The Kier molecular flexibility index (Phi) is 5.98. The number of nitrogens with zero attached hydrogens (tertiary/aromatic N) is 3. The van der Waals surface area contributed by atoms with Crippen LogP contribution in [0.4, 0.5) is 0 Å². The molecule has 0 amide bonds. The SMILES string of the molecule is CC1CC(C)CN(C/C(O)=C(\C#N)c2nc(-c3ccc(Cl)cc3)cs2)C1. The molecule has 3 rings (SSSR count). The van der Waals surface area contributed by atoms with Crippen molar-refractivity contribution in [2.45, 2.75) is 20.3 Å². The van der Waals surface area contributed by atoms with Gasteiger partial charge in [0.1, 0.15) is 22.4 Å². The summed E-state index contributed by atoms with van der Waals surface area (Å²) < 4.78 is 0. The maximum atomic E-state index is 10.6. The lowest BCUT2D eigenvalue weighted by molar-refractivity contribution is 0.138. The first-order chi connectivity index (χ1) is 12.5. The molecule has 1 fully saturated rings. The smallest absolute Gasteiger partial charge is 0.138 e. The molecule has 2 aromatic rings. The summed E-state index contributed by atoms with van der Waals surface area (Å²) in [7, 11) is 0. The maximum Gasteiger partial charge on any atom is 0.138 e. The molecule has 1 N–H and O–H groups in total. The Morgan fingerprint density at radius 3 is 2.58 bits per heavy atom. The first-order valence-electron chi connectivity index (χ1n) is 8.72. The topological polar surface area (TPSA) is 60.1 Å². The summed E-state index contributed by atoms with van der Waals surface area (Å²) in [5.41, 5.74) is 1.98. The van der Waals surface area contributed by atoms with Gasteiger partial charge < -0.3 is 5.11 Å². The number of likely N-dealkylation sites (tertiary alicyclic amines) is 1. The van der Waals surface area contributed by atoms with Crippen LogP contribution in [0.5, 0.6) is 0 Å². The van der Waals surface area contributed by atoms with Crippen molar-refractivity contribution in [2.75, 3.05) is 19.6 Å². The highest BCUT2D eigenvalue weighted by atomic mass is 35.5. The van der Waals surface area contributed by atoms with Crippen LogP contribution in [0.25, 0.3) is 16.8 Å². The van der Waals surface area contributed by atoms with Gasteiger partial charge in [-0.2, -0.15) is 5.26 Å². The third-order valence-corrected chi connectivity index (χ3v) is 5.69. The van der Waals surface area contributed by atoms with Crippen LogP contribution in [-0.2, 0) is 0 Å². The second kappa shape index (κ2) is 8.22. The summed E-state index contributed by atoms with van der Waals surface area (Å²) in [4.78, 5) is 6.76. The van der Waals surface area contributed by atoms with E-state index in [-0.39, 0.29) is 11.3 Å². The summed E-state index contributed by atoms with van der Waals surface area (Å²) in [6, 6.07) is 9.55. The molecule has 4 nitrogen and oxygen atoms in total. The first kappa shape index (κ1) is 18.9. The standard InChI is InChI=1S/C20H22ClN3OS/c1-13-7-14(2)10-24(9-13)11-19(25)17(8-22)20-23-18(12-26-20)15-3-5-16(21)6-4-15/h3-6,12-14,25H,7,9-11H2,1-2H3/b19-17-. The van der Waals surface area contributed by atoms with E-state index in [1.165, 1.54) is 17.8 Å². The van der Waals surface area contributed by atoms with Crippen molar-refractivity contribution in [1.82, 2.24) is 9.88 Å². The highest BCUT2D eigenvalue weighted by molar-refractivity contribution is 7.11. The predicted octanol–water partition coefficient (Wildman–Crippen LogP) is 5.23. The Balaban J connectivity index is 1.80. The van der Waals surface area contributed by atoms with Crippen molar-refractivity contribution >= 4 is 28.5 Å². The molecule has 1 aliphatic rings. The number of halogens is 1. The van der Waals surface area contributed by atoms with Crippen molar-refractivity contribution in [2.24, 2.45) is 11.8 Å². The minimum absolute atomic E-state index is 0.103.